The van der Waals surface area contributed by atoms with Crippen molar-refractivity contribution in [1.29, 1.82) is 0 Å². The standard InChI is InChI=1S/C18H20BrN3O/c19-16-4-1-5-17(12-16)21-18(23)22-9-6-14(7-10-22)11-15-3-2-8-20-13-15/h1-5,8,12-14H,6-7,9-11H2,(H,21,23). The van der Waals surface area contributed by atoms with Crippen LogP contribution >= 0.6 is 15.9 Å². The summed E-state index contributed by atoms with van der Waals surface area (Å²) in [6, 6.07) is 11.8. The van der Waals surface area contributed by atoms with Crippen LogP contribution in [-0.4, -0.2) is 29.0 Å². The lowest BCUT2D eigenvalue weighted by Gasteiger charge is -2.32. The zero-order valence-electron chi connectivity index (χ0n) is 12.9. The number of aromatic nitrogens is 1. The van der Waals surface area contributed by atoms with Crippen molar-refractivity contribution in [3.8, 4) is 0 Å². The molecule has 4 nitrogen and oxygen atoms in total. The molecule has 1 aromatic heterocycles. The number of nitrogens with zero attached hydrogens (tertiary/aromatic N) is 2. The number of carbonyl (C=O) groups excluding carboxylic acids is 1. The largest absolute Gasteiger partial charge is 0.325 e. The molecule has 23 heavy (non-hydrogen) atoms. The van der Waals surface area contributed by atoms with Gasteiger partial charge < -0.3 is 10.2 Å². The molecule has 0 atom stereocenters. The van der Waals surface area contributed by atoms with Gasteiger partial charge in [0.05, 0.1) is 0 Å². The molecule has 1 aliphatic rings. The number of hydrogen-bond donors (Lipinski definition) is 1. The first-order valence-corrected chi connectivity index (χ1v) is 8.70. The third-order valence-electron chi connectivity index (χ3n) is 4.22. The zero-order valence-corrected chi connectivity index (χ0v) is 14.5. The van der Waals surface area contributed by atoms with E-state index in [1.807, 2.05) is 41.4 Å². The Morgan fingerprint density at radius 2 is 2.09 bits per heavy atom. The highest BCUT2D eigenvalue weighted by atomic mass is 79.9. The van der Waals surface area contributed by atoms with Crippen molar-refractivity contribution in [2.75, 3.05) is 18.4 Å². The molecular formula is C18H20BrN3O. The van der Waals surface area contributed by atoms with Gasteiger partial charge in [0.2, 0.25) is 0 Å². The predicted molar refractivity (Wildman–Crippen MR) is 95.4 cm³/mol. The zero-order chi connectivity index (χ0) is 16.1. The Morgan fingerprint density at radius 3 is 2.78 bits per heavy atom. The molecule has 1 N–H and O–H groups in total. The normalized spacial score (nSPS) is 15.4. The molecule has 1 saturated heterocycles. The second kappa shape index (κ2) is 7.59. The molecule has 1 aromatic carbocycles. The molecule has 5 heteroatoms. The lowest BCUT2D eigenvalue weighted by Crippen LogP contribution is -2.41. The van der Waals surface area contributed by atoms with E-state index in [9.17, 15) is 4.79 Å². The lowest BCUT2D eigenvalue weighted by molar-refractivity contribution is 0.182. The molecule has 0 radical (unpaired) electrons. The Balaban J connectivity index is 1.49. The first-order chi connectivity index (χ1) is 11.2. The first-order valence-electron chi connectivity index (χ1n) is 7.91. The van der Waals surface area contributed by atoms with E-state index in [-0.39, 0.29) is 6.03 Å². The smallest absolute Gasteiger partial charge is 0.321 e. The molecule has 0 unspecified atom stereocenters. The molecular weight excluding hydrogens is 354 g/mol. The predicted octanol–water partition coefficient (Wildman–Crippen LogP) is 4.33. The summed E-state index contributed by atoms with van der Waals surface area (Å²) in [5, 5.41) is 2.96. The summed E-state index contributed by atoms with van der Waals surface area (Å²) in [6.45, 7) is 1.62. The summed E-state index contributed by atoms with van der Waals surface area (Å²) in [6.07, 6.45) is 6.88. The van der Waals surface area contributed by atoms with Crippen LogP contribution in [0.2, 0.25) is 0 Å². The van der Waals surface area contributed by atoms with Crippen molar-refractivity contribution >= 4 is 27.6 Å². The van der Waals surface area contributed by atoms with Gasteiger partial charge in [-0.15, -0.1) is 0 Å². The third kappa shape index (κ3) is 4.55. The van der Waals surface area contributed by atoms with E-state index >= 15 is 0 Å². The van der Waals surface area contributed by atoms with Crippen molar-refractivity contribution in [2.45, 2.75) is 19.3 Å². The van der Waals surface area contributed by atoms with E-state index in [2.05, 4.69) is 32.3 Å². The Hall–Kier alpha value is -1.88. The minimum atomic E-state index is -0.0112. The van der Waals surface area contributed by atoms with E-state index in [4.69, 9.17) is 0 Å². The average molecular weight is 374 g/mol. The highest BCUT2D eigenvalue weighted by Crippen LogP contribution is 2.22. The number of hydrogen-bond acceptors (Lipinski definition) is 2. The van der Waals surface area contributed by atoms with Crippen LogP contribution in [0, 0.1) is 5.92 Å². The van der Waals surface area contributed by atoms with Gasteiger partial charge in [0.1, 0.15) is 0 Å². The summed E-state index contributed by atoms with van der Waals surface area (Å²) < 4.78 is 0.963. The Labute approximate surface area is 145 Å². The van der Waals surface area contributed by atoms with E-state index < -0.39 is 0 Å². The van der Waals surface area contributed by atoms with Crippen LogP contribution in [0.5, 0.6) is 0 Å². The molecule has 2 heterocycles. The van der Waals surface area contributed by atoms with Crippen LogP contribution in [0.4, 0.5) is 10.5 Å². The summed E-state index contributed by atoms with van der Waals surface area (Å²) in [4.78, 5) is 18.4. The highest BCUT2D eigenvalue weighted by Gasteiger charge is 2.23. The molecule has 0 bridgehead atoms. The van der Waals surface area contributed by atoms with Gasteiger partial charge in [-0.2, -0.15) is 0 Å². The lowest BCUT2D eigenvalue weighted by atomic mass is 9.91. The van der Waals surface area contributed by atoms with Crippen molar-refractivity contribution in [3.05, 3.63) is 58.8 Å². The molecule has 1 aliphatic heterocycles. The Kier molecular flexibility index (Phi) is 5.28. The van der Waals surface area contributed by atoms with Crippen molar-refractivity contribution in [3.63, 3.8) is 0 Å². The molecule has 0 spiro atoms. The molecule has 3 rings (SSSR count). The summed E-state index contributed by atoms with van der Waals surface area (Å²) >= 11 is 3.42. The van der Waals surface area contributed by atoms with Gasteiger partial charge in [-0.25, -0.2) is 4.79 Å². The van der Waals surface area contributed by atoms with Crippen LogP contribution in [-0.2, 0) is 6.42 Å². The fourth-order valence-electron chi connectivity index (χ4n) is 2.96. The molecule has 0 aliphatic carbocycles. The number of amides is 2. The van der Waals surface area contributed by atoms with Crippen molar-refractivity contribution < 1.29 is 4.79 Å². The maximum atomic E-state index is 12.3. The van der Waals surface area contributed by atoms with Crippen LogP contribution in [0.25, 0.3) is 0 Å². The number of anilines is 1. The topological polar surface area (TPSA) is 45.2 Å². The number of likely N-dealkylation sites (tertiary alicyclic amines) is 1. The molecule has 120 valence electrons. The van der Waals surface area contributed by atoms with Gasteiger partial charge in [0.25, 0.3) is 0 Å². The van der Waals surface area contributed by atoms with E-state index in [1.54, 1.807) is 6.20 Å². The van der Waals surface area contributed by atoms with Crippen LogP contribution in [0.15, 0.2) is 53.3 Å². The maximum absolute atomic E-state index is 12.3. The number of pyridine rings is 1. The monoisotopic (exact) mass is 373 g/mol. The fraction of sp³-hybridized carbons (Fsp3) is 0.333. The average Bonchev–Trinajstić information content (AvgIpc) is 2.56. The quantitative estimate of drug-likeness (QED) is 0.869. The van der Waals surface area contributed by atoms with E-state index in [0.29, 0.717) is 5.92 Å². The third-order valence-corrected chi connectivity index (χ3v) is 4.72. The number of urea groups is 1. The van der Waals surface area contributed by atoms with Gasteiger partial charge in [-0.05, 0) is 55.0 Å². The molecule has 0 saturated carbocycles. The SMILES string of the molecule is O=C(Nc1cccc(Br)c1)N1CCC(Cc2cccnc2)CC1. The highest BCUT2D eigenvalue weighted by molar-refractivity contribution is 9.10. The minimum absolute atomic E-state index is 0.0112. The van der Waals surface area contributed by atoms with E-state index in [1.165, 1.54) is 5.56 Å². The minimum Gasteiger partial charge on any atom is -0.325 e. The number of carbonyl (C=O) groups is 1. The molecule has 2 amide bonds. The van der Waals surface area contributed by atoms with Gasteiger partial charge in [0, 0.05) is 35.6 Å². The van der Waals surface area contributed by atoms with Gasteiger partial charge in [-0.1, -0.05) is 28.1 Å². The van der Waals surface area contributed by atoms with Crippen molar-refractivity contribution in [2.24, 2.45) is 5.92 Å². The van der Waals surface area contributed by atoms with Crippen LogP contribution < -0.4 is 5.32 Å². The van der Waals surface area contributed by atoms with Gasteiger partial charge >= 0.3 is 6.03 Å². The second-order valence-corrected chi connectivity index (χ2v) is 6.85. The maximum Gasteiger partial charge on any atom is 0.321 e. The van der Waals surface area contributed by atoms with Gasteiger partial charge in [0.15, 0.2) is 0 Å². The Bertz CT molecular complexity index is 654. The van der Waals surface area contributed by atoms with E-state index in [0.717, 1.165) is 42.5 Å². The number of halogens is 1. The fourth-order valence-corrected chi connectivity index (χ4v) is 3.36. The van der Waals surface area contributed by atoms with Crippen LogP contribution in [0.3, 0.4) is 0 Å². The van der Waals surface area contributed by atoms with Gasteiger partial charge in [-0.3, -0.25) is 4.98 Å². The number of benzene rings is 1. The molecule has 1 fully saturated rings. The number of piperidine rings is 1. The number of rotatable bonds is 3. The first kappa shape index (κ1) is 16.0. The second-order valence-electron chi connectivity index (χ2n) is 5.94. The van der Waals surface area contributed by atoms with Crippen LogP contribution in [0.1, 0.15) is 18.4 Å². The number of nitrogens with one attached hydrogen (secondary N) is 1. The summed E-state index contributed by atoms with van der Waals surface area (Å²) in [5.74, 6) is 0.633. The summed E-state index contributed by atoms with van der Waals surface area (Å²) in [7, 11) is 0. The van der Waals surface area contributed by atoms with Crippen molar-refractivity contribution in [1.82, 2.24) is 9.88 Å². The Morgan fingerprint density at radius 1 is 1.26 bits per heavy atom. The summed E-state index contributed by atoms with van der Waals surface area (Å²) in [5.41, 5.74) is 2.10. The molecule has 2 aromatic rings.